The molecule has 1 rings (SSSR count). The molecule has 0 N–H and O–H groups in total. The predicted octanol–water partition coefficient (Wildman–Crippen LogP) is 3.55. The third kappa shape index (κ3) is 3.27. The van der Waals surface area contributed by atoms with Gasteiger partial charge in [-0.15, -0.1) is 0 Å². The lowest BCUT2D eigenvalue weighted by Gasteiger charge is -2.07. The van der Waals surface area contributed by atoms with E-state index in [1.807, 2.05) is 18.2 Å². The van der Waals surface area contributed by atoms with Gasteiger partial charge in [-0.1, -0.05) is 25.4 Å². The van der Waals surface area contributed by atoms with Crippen LogP contribution in [0.25, 0.3) is 0 Å². The highest BCUT2D eigenvalue weighted by Gasteiger charge is 2.01. The van der Waals surface area contributed by atoms with Crippen LogP contribution in [0.1, 0.15) is 19.4 Å². The molecular weight excluding hydrogens is 184 g/mol. The van der Waals surface area contributed by atoms with Gasteiger partial charge in [0.1, 0.15) is 5.75 Å². The van der Waals surface area contributed by atoms with Crippen molar-refractivity contribution in [2.45, 2.75) is 20.3 Å². The molecule has 0 saturated carbocycles. The molecule has 0 atom stereocenters. The molecule has 0 amide bonds. The zero-order chi connectivity index (χ0) is 9.84. The van der Waals surface area contributed by atoms with Crippen LogP contribution >= 0.6 is 11.6 Å². The van der Waals surface area contributed by atoms with Crippen LogP contribution in [0.15, 0.2) is 18.2 Å². The second kappa shape index (κ2) is 4.52. The Balaban J connectivity index is 2.88. The van der Waals surface area contributed by atoms with E-state index in [9.17, 15) is 0 Å². The largest absolute Gasteiger partial charge is 0.497 e. The Morgan fingerprint density at radius 2 is 2.00 bits per heavy atom. The lowest BCUT2D eigenvalue weighted by Crippen LogP contribution is -1.94. The second-order valence-electron chi connectivity index (χ2n) is 3.60. The van der Waals surface area contributed by atoms with Crippen molar-refractivity contribution in [2.24, 2.45) is 5.92 Å². The zero-order valence-corrected chi connectivity index (χ0v) is 9.06. The molecular formula is C11H15ClO. The van der Waals surface area contributed by atoms with E-state index in [4.69, 9.17) is 16.3 Å². The average molecular weight is 199 g/mol. The van der Waals surface area contributed by atoms with Crippen molar-refractivity contribution >= 4 is 11.6 Å². The van der Waals surface area contributed by atoms with Crippen molar-refractivity contribution in [3.8, 4) is 5.75 Å². The maximum Gasteiger partial charge on any atom is 0.120 e. The van der Waals surface area contributed by atoms with Crippen LogP contribution in [0.3, 0.4) is 0 Å². The zero-order valence-electron chi connectivity index (χ0n) is 8.30. The van der Waals surface area contributed by atoms with Crippen molar-refractivity contribution < 1.29 is 4.74 Å². The van der Waals surface area contributed by atoms with Gasteiger partial charge in [0.2, 0.25) is 0 Å². The molecule has 1 nitrogen and oxygen atoms in total. The number of methoxy groups -OCH3 is 1. The first-order valence-electron chi connectivity index (χ1n) is 4.45. The van der Waals surface area contributed by atoms with Gasteiger partial charge in [-0.05, 0) is 36.1 Å². The van der Waals surface area contributed by atoms with Crippen molar-refractivity contribution in [2.75, 3.05) is 7.11 Å². The molecule has 0 radical (unpaired) electrons. The molecule has 0 aliphatic heterocycles. The number of ether oxygens (including phenoxy) is 1. The minimum atomic E-state index is 0.642. The van der Waals surface area contributed by atoms with E-state index in [-0.39, 0.29) is 0 Å². The first kappa shape index (κ1) is 10.4. The van der Waals surface area contributed by atoms with Crippen LogP contribution in [0.2, 0.25) is 5.02 Å². The van der Waals surface area contributed by atoms with Crippen LogP contribution < -0.4 is 4.74 Å². The van der Waals surface area contributed by atoms with E-state index in [0.29, 0.717) is 5.92 Å². The highest BCUT2D eigenvalue weighted by molar-refractivity contribution is 6.30. The molecule has 0 aliphatic carbocycles. The molecule has 13 heavy (non-hydrogen) atoms. The maximum atomic E-state index is 5.93. The molecule has 0 unspecified atom stereocenters. The Kier molecular flexibility index (Phi) is 3.61. The normalized spacial score (nSPS) is 10.5. The van der Waals surface area contributed by atoms with Crippen LogP contribution in [0, 0.1) is 5.92 Å². The van der Waals surface area contributed by atoms with Crippen molar-refractivity contribution in [3.05, 3.63) is 28.8 Å². The summed E-state index contributed by atoms with van der Waals surface area (Å²) in [6, 6.07) is 5.85. The molecule has 72 valence electrons. The molecule has 0 aromatic heterocycles. The van der Waals surface area contributed by atoms with Gasteiger partial charge in [0.25, 0.3) is 0 Å². The average Bonchev–Trinajstić information content (AvgIpc) is 2.01. The summed E-state index contributed by atoms with van der Waals surface area (Å²) >= 11 is 5.93. The van der Waals surface area contributed by atoms with E-state index in [1.54, 1.807) is 7.11 Å². The third-order valence-corrected chi connectivity index (χ3v) is 2.03. The minimum absolute atomic E-state index is 0.642. The Morgan fingerprint density at radius 3 is 2.54 bits per heavy atom. The Hall–Kier alpha value is -0.690. The fourth-order valence-corrected chi connectivity index (χ4v) is 1.58. The molecule has 0 saturated heterocycles. The smallest absolute Gasteiger partial charge is 0.120 e. The Labute approximate surface area is 84.7 Å². The molecule has 1 aromatic rings. The maximum absolute atomic E-state index is 5.93. The summed E-state index contributed by atoms with van der Waals surface area (Å²) in [6.45, 7) is 4.38. The van der Waals surface area contributed by atoms with Crippen LogP contribution in [-0.4, -0.2) is 7.11 Å². The van der Waals surface area contributed by atoms with Gasteiger partial charge in [0.05, 0.1) is 7.11 Å². The SMILES string of the molecule is COc1cc(Cl)cc(CC(C)C)c1. The topological polar surface area (TPSA) is 9.23 Å². The summed E-state index contributed by atoms with van der Waals surface area (Å²) in [5.41, 5.74) is 1.24. The van der Waals surface area contributed by atoms with E-state index in [0.717, 1.165) is 17.2 Å². The number of hydrogen-bond acceptors (Lipinski definition) is 1. The van der Waals surface area contributed by atoms with Crippen LogP contribution in [-0.2, 0) is 6.42 Å². The lowest BCUT2D eigenvalue weighted by molar-refractivity contribution is 0.414. The quantitative estimate of drug-likeness (QED) is 0.722. The number of halogens is 1. The van der Waals surface area contributed by atoms with Gasteiger partial charge in [0, 0.05) is 5.02 Å². The lowest BCUT2D eigenvalue weighted by atomic mass is 10.0. The van der Waals surface area contributed by atoms with E-state index in [1.165, 1.54) is 5.56 Å². The molecule has 0 fully saturated rings. The summed E-state index contributed by atoms with van der Waals surface area (Å²) in [4.78, 5) is 0. The van der Waals surface area contributed by atoms with Crippen molar-refractivity contribution in [1.29, 1.82) is 0 Å². The fraction of sp³-hybridized carbons (Fsp3) is 0.455. The molecule has 2 heteroatoms. The van der Waals surface area contributed by atoms with E-state index >= 15 is 0 Å². The van der Waals surface area contributed by atoms with Gasteiger partial charge in [-0.3, -0.25) is 0 Å². The standard InChI is InChI=1S/C11H15ClO/c1-8(2)4-9-5-10(12)7-11(6-9)13-3/h5-8H,4H2,1-3H3. The van der Waals surface area contributed by atoms with Gasteiger partial charge >= 0.3 is 0 Å². The highest BCUT2D eigenvalue weighted by atomic mass is 35.5. The summed E-state index contributed by atoms with van der Waals surface area (Å²) in [7, 11) is 1.66. The number of benzene rings is 1. The summed E-state index contributed by atoms with van der Waals surface area (Å²) < 4.78 is 5.13. The highest BCUT2D eigenvalue weighted by Crippen LogP contribution is 2.22. The number of hydrogen-bond donors (Lipinski definition) is 0. The summed E-state index contributed by atoms with van der Waals surface area (Å²) in [5, 5.41) is 0.745. The number of rotatable bonds is 3. The van der Waals surface area contributed by atoms with Gasteiger partial charge in [-0.2, -0.15) is 0 Å². The Bertz CT molecular complexity index is 281. The molecule has 0 heterocycles. The van der Waals surface area contributed by atoms with E-state index < -0.39 is 0 Å². The summed E-state index contributed by atoms with van der Waals surface area (Å²) in [6.07, 6.45) is 1.04. The van der Waals surface area contributed by atoms with Gasteiger partial charge in [0.15, 0.2) is 0 Å². The van der Waals surface area contributed by atoms with Crippen molar-refractivity contribution in [1.82, 2.24) is 0 Å². The van der Waals surface area contributed by atoms with Gasteiger partial charge in [-0.25, -0.2) is 0 Å². The molecule has 0 aliphatic rings. The van der Waals surface area contributed by atoms with Crippen molar-refractivity contribution in [3.63, 3.8) is 0 Å². The van der Waals surface area contributed by atoms with Crippen LogP contribution in [0.5, 0.6) is 5.75 Å². The first-order chi connectivity index (χ1) is 6.11. The second-order valence-corrected chi connectivity index (χ2v) is 4.03. The molecule has 1 aromatic carbocycles. The summed E-state index contributed by atoms with van der Waals surface area (Å²) in [5.74, 6) is 1.48. The molecule has 0 spiro atoms. The fourth-order valence-electron chi connectivity index (χ4n) is 1.33. The molecule has 0 bridgehead atoms. The Morgan fingerprint density at radius 1 is 1.31 bits per heavy atom. The third-order valence-electron chi connectivity index (χ3n) is 1.81. The minimum Gasteiger partial charge on any atom is -0.497 e. The van der Waals surface area contributed by atoms with Gasteiger partial charge < -0.3 is 4.74 Å². The predicted molar refractivity (Wildman–Crippen MR) is 56.5 cm³/mol. The first-order valence-corrected chi connectivity index (χ1v) is 4.83. The monoisotopic (exact) mass is 198 g/mol. The van der Waals surface area contributed by atoms with E-state index in [2.05, 4.69) is 13.8 Å². The van der Waals surface area contributed by atoms with Crippen LogP contribution in [0.4, 0.5) is 0 Å².